The summed E-state index contributed by atoms with van der Waals surface area (Å²) in [4.78, 5) is 12.7. The highest BCUT2D eigenvalue weighted by atomic mass is 35.5. The average Bonchev–Trinajstić information content (AvgIpc) is 3.40. The Morgan fingerprint density at radius 2 is 2.04 bits per heavy atom. The largest absolute Gasteiger partial charge is 0.494 e. The maximum absolute atomic E-state index is 12.7. The number of hydrogen-bond acceptors (Lipinski definition) is 6. The van der Waals surface area contributed by atoms with Crippen LogP contribution in [0.25, 0.3) is 5.69 Å². The maximum atomic E-state index is 12.7. The van der Waals surface area contributed by atoms with Crippen LogP contribution in [0.5, 0.6) is 5.75 Å². The first-order valence-corrected chi connectivity index (χ1v) is 8.71. The van der Waals surface area contributed by atoms with Crippen LogP contribution in [0.3, 0.4) is 0 Å². The number of hydrogen-bond donors (Lipinski definition) is 2. The SMILES string of the molecule is COc1ccc(NC(=O)c2cc(N)ccc2C)cc1-n1nnnc1C1CC1.Cl. The van der Waals surface area contributed by atoms with Crippen molar-refractivity contribution in [2.75, 3.05) is 18.2 Å². The van der Waals surface area contributed by atoms with Gasteiger partial charge in [0.15, 0.2) is 5.82 Å². The zero-order valence-electron chi connectivity index (χ0n) is 15.5. The number of carbonyl (C=O) groups excluding carboxylic acids is 1. The third kappa shape index (κ3) is 3.77. The standard InChI is InChI=1S/C19H20N6O2.ClH/c1-11-3-6-13(20)9-15(11)19(26)21-14-7-8-17(27-2)16(10-14)25-18(12-4-5-12)22-23-24-25;/h3,6-10,12H,4-5,20H2,1-2H3,(H,21,26);1H. The van der Waals surface area contributed by atoms with Crippen molar-refractivity contribution in [2.24, 2.45) is 0 Å². The van der Waals surface area contributed by atoms with Crippen LogP contribution in [0.2, 0.25) is 0 Å². The van der Waals surface area contributed by atoms with E-state index in [1.165, 1.54) is 0 Å². The fraction of sp³-hybridized carbons (Fsp3) is 0.263. The Balaban J connectivity index is 0.00000225. The molecule has 0 saturated heterocycles. The predicted octanol–water partition coefficient (Wildman–Crippen LogP) is 3.11. The van der Waals surface area contributed by atoms with E-state index in [4.69, 9.17) is 10.5 Å². The van der Waals surface area contributed by atoms with Crippen molar-refractivity contribution in [3.63, 3.8) is 0 Å². The number of nitrogens with zero attached hydrogens (tertiary/aromatic N) is 4. The number of aryl methyl sites for hydroxylation is 1. The minimum Gasteiger partial charge on any atom is -0.494 e. The van der Waals surface area contributed by atoms with Crippen molar-refractivity contribution in [3.8, 4) is 11.4 Å². The molecule has 0 atom stereocenters. The Hall–Kier alpha value is -3.13. The number of tetrazole rings is 1. The lowest BCUT2D eigenvalue weighted by molar-refractivity contribution is 0.102. The lowest BCUT2D eigenvalue weighted by Crippen LogP contribution is -2.14. The van der Waals surface area contributed by atoms with E-state index >= 15 is 0 Å². The van der Waals surface area contributed by atoms with E-state index in [9.17, 15) is 4.79 Å². The molecule has 0 radical (unpaired) electrons. The second-order valence-corrected chi connectivity index (χ2v) is 6.64. The lowest BCUT2D eigenvalue weighted by atomic mass is 10.1. The molecule has 1 amide bonds. The molecule has 1 aromatic heterocycles. The minimum absolute atomic E-state index is 0. The van der Waals surface area contributed by atoms with Gasteiger partial charge in [-0.15, -0.1) is 17.5 Å². The van der Waals surface area contributed by atoms with Crippen LogP contribution >= 0.6 is 12.4 Å². The predicted molar refractivity (Wildman–Crippen MR) is 108 cm³/mol. The van der Waals surface area contributed by atoms with Crippen molar-refractivity contribution in [1.29, 1.82) is 0 Å². The van der Waals surface area contributed by atoms with Gasteiger partial charge in [-0.05, 0) is 66.1 Å². The van der Waals surface area contributed by atoms with Gasteiger partial charge in [0, 0.05) is 22.9 Å². The van der Waals surface area contributed by atoms with E-state index in [2.05, 4.69) is 20.8 Å². The molecule has 28 heavy (non-hydrogen) atoms. The van der Waals surface area contributed by atoms with Crippen molar-refractivity contribution >= 4 is 29.7 Å². The fourth-order valence-electron chi connectivity index (χ4n) is 2.98. The highest BCUT2D eigenvalue weighted by Gasteiger charge is 2.30. The van der Waals surface area contributed by atoms with E-state index in [0.29, 0.717) is 34.3 Å². The van der Waals surface area contributed by atoms with E-state index < -0.39 is 0 Å². The molecule has 1 fully saturated rings. The van der Waals surface area contributed by atoms with Crippen LogP contribution in [0.4, 0.5) is 11.4 Å². The summed E-state index contributed by atoms with van der Waals surface area (Å²) in [5.41, 5.74) is 9.06. The molecule has 146 valence electrons. The molecule has 0 bridgehead atoms. The van der Waals surface area contributed by atoms with E-state index in [0.717, 1.165) is 24.2 Å². The Morgan fingerprint density at radius 1 is 1.25 bits per heavy atom. The Morgan fingerprint density at radius 3 is 2.75 bits per heavy atom. The van der Waals surface area contributed by atoms with E-state index in [1.54, 1.807) is 42.1 Å². The minimum atomic E-state index is -0.227. The van der Waals surface area contributed by atoms with Crippen molar-refractivity contribution in [3.05, 3.63) is 53.3 Å². The lowest BCUT2D eigenvalue weighted by Gasteiger charge is -2.13. The van der Waals surface area contributed by atoms with E-state index in [1.807, 2.05) is 13.0 Å². The molecule has 3 N–H and O–H groups in total. The van der Waals surface area contributed by atoms with Gasteiger partial charge in [-0.1, -0.05) is 6.07 Å². The molecule has 1 saturated carbocycles. The maximum Gasteiger partial charge on any atom is 0.256 e. The van der Waals surface area contributed by atoms with Crippen molar-refractivity contribution in [1.82, 2.24) is 20.2 Å². The highest BCUT2D eigenvalue weighted by molar-refractivity contribution is 6.06. The molecular formula is C19H21ClN6O2. The molecule has 1 aliphatic rings. The molecular weight excluding hydrogens is 380 g/mol. The summed E-state index contributed by atoms with van der Waals surface area (Å²) >= 11 is 0. The summed E-state index contributed by atoms with van der Waals surface area (Å²) in [5, 5.41) is 15.0. The number of halogens is 1. The number of methoxy groups -OCH3 is 1. The molecule has 1 heterocycles. The summed E-state index contributed by atoms with van der Waals surface area (Å²) in [7, 11) is 1.59. The van der Waals surface area contributed by atoms with Gasteiger partial charge in [0.25, 0.3) is 5.91 Å². The summed E-state index contributed by atoms with van der Waals surface area (Å²) in [6, 6.07) is 10.6. The summed E-state index contributed by atoms with van der Waals surface area (Å²) < 4.78 is 7.14. The third-order valence-electron chi connectivity index (χ3n) is 4.61. The van der Waals surface area contributed by atoms with Crippen LogP contribution in [0, 0.1) is 6.92 Å². The van der Waals surface area contributed by atoms with Gasteiger partial charge in [0.2, 0.25) is 0 Å². The number of ether oxygens (including phenoxy) is 1. The van der Waals surface area contributed by atoms with Crippen molar-refractivity contribution < 1.29 is 9.53 Å². The van der Waals surface area contributed by atoms with Gasteiger partial charge in [0.1, 0.15) is 11.4 Å². The third-order valence-corrected chi connectivity index (χ3v) is 4.61. The first kappa shape index (κ1) is 19.6. The number of nitrogens with two attached hydrogens (primary N) is 1. The average molecular weight is 401 g/mol. The van der Waals surface area contributed by atoms with E-state index in [-0.39, 0.29) is 18.3 Å². The Kier molecular flexibility index (Phi) is 5.51. The Labute approximate surface area is 168 Å². The second-order valence-electron chi connectivity index (χ2n) is 6.64. The number of aromatic nitrogens is 4. The molecule has 8 nitrogen and oxygen atoms in total. The molecule has 0 aliphatic heterocycles. The summed E-state index contributed by atoms with van der Waals surface area (Å²) in [5.74, 6) is 1.58. The zero-order valence-corrected chi connectivity index (χ0v) is 16.4. The molecule has 0 unspecified atom stereocenters. The molecule has 2 aromatic carbocycles. The molecule has 0 spiro atoms. The van der Waals surface area contributed by atoms with Crippen molar-refractivity contribution in [2.45, 2.75) is 25.7 Å². The Bertz CT molecular complexity index is 1020. The smallest absolute Gasteiger partial charge is 0.256 e. The van der Waals surface area contributed by atoms with Crippen LogP contribution in [0.15, 0.2) is 36.4 Å². The second kappa shape index (κ2) is 7.85. The quantitative estimate of drug-likeness (QED) is 0.637. The highest BCUT2D eigenvalue weighted by Crippen LogP contribution is 2.40. The van der Waals surface area contributed by atoms with Gasteiger partial charge in [-0.2, -0.15) is 4.68 Å². The summed E-state index contributed by atoms with van der Waals surface area (Å²) in [6.45, 7) is 1.87. The number of carbonyl (C=O) groups is 1. The molecule has 9 heteroatoms. The normalized spacial score (nSPS) is 12.9. The number of nitrogens with one attached hydrogen (secondary N) is 1. The molecule has 1 aliphatic carbocycles. The zero-order chi connectivity index (χ0) is 19.0. The van der Waals surface area contributed by atoms with Crippen LogP contribution in [-0.2, 0) is 0 Å². The number of rotatable bonds is 5. The van der Waals surface area contributed by atoms with Crippen LogP contribution in [0.1, 0.15) is 40.5 Å². The summed E-state index contributed by atoms with van der Waals surface area (Å²) in [6.07, 6.45) is 2.15. The van der Waals surface area contributed by atoms with Gasteiger partial charge in [0.05, 0.1) is 7.11 Å². The van der Waals surface area contributed by atoms with Crippen LogP contribution < -0.4 is 15.8 Å². The van der Waals surface area contributed by atoms with Crippen LogP contribution in [-0.4, -0.2) is 33.2 Å². The first-order valence-electron chi connectivity index (χ1n) is 8.71. The monoisotopic (exact) mass is 400 g/mol. The van der Waals surface area contributed by atoms with Gasteiger partial charge in [-0.25, -0.2) is 0 Å². The van der Waals surface area contributed by atoms with Gasteiger partial charge in [-0.3, -0.25) is 4.79 Å². The topological polar surface area (TPSA) is 108 Å². The number of anilines is 2. The molecule has 3 aromatic rings. The number of nitrogen functional groups attached to an aromatic ring is 1. The first-order chi connectivity index (χ1) is 13.1. The number of amides is 1. The molecule has 4 rings (SSSR count). The van der Waals surface area contributed by atoms with Gasteiger partial charge >= 0.3 is 0 Å². The fourth-order valence-corrected chi connectivity index (χ4v) is 2.98. The number of benzene rings is 2. The van der Waals surface area contributed by atoms with Gasteiger partial charge < -0.3 is 15.8 Å².